The van der Waals surface area contributed by atoms with E-state index in [1.165, 1.54) is 0 Å². The molecule has 1 N–H and O–H groups in total. The van der Waals surface area contributed by atoms with Gasteiger partial charge in [0.2, 0.25) is 0 Å². The summed E-state index contributed by atoms with van der Waals surface area (Å²) in [4.78, 5) is 0. The molecule has 0 aliphatic rings. The van der Waals surface area contributed by atoms with Gasteiger partial charge in [0.05, 0.1) is 12.8 Å². The van der Waals surface area contributed by atoms with Gasteiger partial charge in [0.15, 0.2) is 0 Å². The van der Waals surface area contributed by atoms with E-state index in [4.69, 9.17) is 16.3 Å². The molecular formula is C14H12Br2ClNO. The maximum Gasteiger partial charge on any atom is 0.142 e. The van der Waals surface area contributed by atoms with Crippen molar-refractivity contribution in [3.8, 4) is 5.75 Å². The molecule has 0 heterocycles. The SMILES string of the molecule is COc1ccc(Cl)cc1NCc1ccc(Br)c(Br)c1. The van der Waals surface area contributed by atoms with E-state index in [-0.39, 0.29) is 0 Å². The second-order valence-corrected chi connectivity index (χ2v) is 6.09. The second-order valence-electron chi connectivity index (χ2n) is 3.95. The van der Waals surface area contributed by atoms with Crippen LogP contribution in [-0.2, 0) is 6.54 Å². The van der Waals surface area contributed by atoms with Crippen molar-refractivity contribution in [2.24, 2.45) is 0 Å². The third-order valence-electron chi connectivity index (χ3n) is 2.63. The summed E-state index contributed by atoms with van der Waals surface area (Å²) in [6.07, 6.45) is 0. The minimum Gasteiger partial charge on any atom is -0.495 e. The first-order valence-electron chi connectivity index (χ1n) is 5.61. The van der Waals surface area contributed by atoms with Crippen molar-refractivity contribution < 1.29 is 4.74 Å². The summed E-state index contributed by atoms with van der Waals surface area (Å²) in [5.74, 6) is 0.778. The highest BCUT2D eigenvalue weighted by Gasteiger charge is 2.04. The minimum atomic E-state index is 0.681. The Kier molecular flexibility index (Phi) is 5.13. The van der Waals surface area contributed by atoms with E-state index in [1.807, 2.05) is 24.3 Å². The van der Waals surface area contributed by atoms with Gasteiger partial charge in [0.25, 0.3) is 0 Å². The molecule has 2 rings (SSSR count). The fourth-order valence-electron chi connectivity index (χ4n) is 1.67. The Hall–Kier alpha value is -0.710. The predicted octanol–water partition coefficient (Wildman–Crippen LogP) is 5.49. The Bertz CT molecular complexity index is 590. The minimum absolute atomic E-state index is 0.681. The van der Waals surface area contributed by atoms with Crippen molar-refractivity contribution in [1.29, 1.82) is 0 Å². The summed E-state index contributed by atoms with van der Waals surface area (Å²) in [6.45, 7) is 0.697. The summed E-state index contributed by atoms with van der Waals surface area (Å²) in [7, 11) is 1.64. The van der Waals surface area contributed by atoms with E-state index < -0.39 is 0 Å². The van der Waals surface area contributed by atoms with Crippen LogP contribution >= 0.6 is 43.5 Å². The van der Waals surface area contributed by atoms with E-state index in [2.05, 4.69) is 49.3 Å². The third-order valence-corrected chi connectivity index (χ3v) is 4.74. The molecule has 0 unspecified atom stereocenters. The van der Waals surface area contributed by atoms with Gasteiger partial charge in [0.1, 0.15) is 5.75 Å². The molecule has 19 heavy (non-hydrogen) atoms. The Morgan fingerprint density at radius 3 is 2.58 bits per heavy atom. The van der Waals surface area contributed by atoms with E-state index in [0.29, 0.717) is 11.6 Å². The van der Waals surface area contributed by atoms with Crippen LogP contribution in [-0.4, -0.2) is 7.11 Å². The molecule has 0 bridgehead atoms. The third kappa shape index (κ3) is 3.88. The van der Waals surface area contributed by atoms with E-state index >= 15 is 0 Å². The molecule has 100 valence electrons. The number of halogens is 3. The van der Waals surface area contributed by atoms with Crippen LogP contribution in [0.15, 0.2) is 45.3 Å². The van der Waals surface area contributed by atoms with Gasteiger partial charge in [-0.3, -0.25) is 0 Å². The van der Waals surface area contributed by atoms with Gasteiger partial charge < -0.3 is 10.1 Å². The monoisotopic (exact) mass is 403 g/mol. The lowest BCUT2D eigenvalue weighted by atomic mass is 10.2. The van der Waals surface area contributed by atoms with Gasteiger partial charge in [-0.2, -0.15) is 0 Å². The quantitative estimate of drug-likeness (QED) is 0.727. The van der Waals surface area contributed by atoms with Crippen LogP contribution in [0.5, 0.6) is 5.75 Å². The van der Waals surface area contributed by atoms with Crippen molar-refractivity contribution in [3.63, 3.8) is 0 Å². The molecule has 2 aromatic carbocycles. The van der Waals surface area contributed by atoms with Gasteiger partial charge in [0, 0.05) is 20.5 Å². The molecule has 0 aliphatic carbocycles. The van der Waals surface area contributed by atoms with Crippen molar-refractivity contribution in [2.75, 3.05) is 12.4 Å². The smallest absolute Gasteiger partial charge is 0.142 e. The summed E-state index contributed by atoms with van der Waals surface area (Å²) in [5.41, 5.74) is 2.05. The maximum absolute atomic E-state index is 5.99. The summed E-state index contributed by atoms with van der Waals surface area (Å²) in [6, 6.07) is 11.6. The first-order valence-corrected chi connectivity index (χ1v) is 7.58. The molecule has 0 saturated carbocycles. The molecule has 5 heteroatoms. The molecule has 0 aliphatic heterocycles. The number of ether oxygens (including phenoxy) is 1. The summed E-state index contributed by atoms with van der Waals surface area (Å²) >= 11 is 12.9. The zero-order valence-electron chi connectivity index (χ0n) is 10.2. The number of nitrogens with one attached hydrogen (secondary N) is 1. The maximum atomic E-state index is 5.99. The molecule has 0 aromatic heterocycles. The highest BCUT2D eigenvalue weighted by molar-refractivity contribution is 9.13. The van der Waals surface area contributed by atoms with Crippen molar-refractivity contribution in [1.82, 2.24) is 0 Å². The van der Waals surface area contributed by atoms with Gasteiger partial charge in [-0.05, 0) is 67.8 Å². The van der Waals surface area contributed by atoms with Crippen LogP contribution in [0.2, 0.25) is 5.02 Å². The summed E-state index contributed by atoms with van der Waals surface area (Å²) < 4.78 is 7.36. The number of benzene rings is 2. The molecule has 0 amide bonds. The average Bonchev–Trinajstić information content (AvgIpc) is 2.40. The first-order chi connectivity index (χ1) is 9.10. The van der Waals surface area contributed by atoms with Crippen molar-refractivity contribution in [3.05, 3.63) is 55.9 Å². The fourth-order valence-corrected chi connectivity index (χ4v) is 2.51. The van der Waals surface area contributed by atoms with Gasteiger partial charge in [-0.1, -0.05) is 17.7 Å². The Morgan fingerprint density at radius 1 is 1.11 bits per heavy atom. The standard InChI is InChI=1S/C14H12Br2ClNO/c1-19-14-5-3-10(17)7-13(14)18-8-9-2-4-11(15)12(16)6-9/h2-7,18H,8H2,1H3. The highest BCUT2D eigenvalue weighted by Crippen LogP contribution is 2.29. The van der Waals surface area contributed by atoms with Crippen LogP contribution in [0.4, 0.5) is 5.69 Å². The van der Waals surface area contributed by atoms with Gasteiger partial charge in [-0.25, -0.2) is 0 Å². The predicted molar refractivity (Wildman–Crippen MR) is 87.2 cm³/mol. The molecule has 2 aromatic rings. The number of hydrogen-bond donors (Lipinski definition) is 1. The van der Waals surface area contributed by atoms with Crippen LogP contribution in [0.3, 0.4) is 0 Å². The molecular weight excluding hydrogens is 393 g/mol. The zero-order valence-corrected chi connectivity index (χ0v) is 14.1. The van der Waals surface area contributed by atoms with Crippen LogP contribution in [0.1, 0.15) is 5.56 Å². The van der Waals surface area contributed by atoms with E-state index in [0.717, 1.165) is 25.9 Å². The Balaban J connectivity index is 2.13. The molecule has 0 fully saturated rings. The topological polar surface area (TPSA) is 21.3 Å². The van der Waals surface area contributed by atoms with Crippen molar-refractivity contribution >= 4 is 49.1 Å². The summed E-state index contributed by atoms with van der Waals surface area (Å²) in [5, 5.41) is 4.00. The highest BCUT2D eigenvalue weighted by atomic mass is 79.9. The van der Waals surface area contributed by atoms with Crippen LogP contribution < -0.4 is 10.1 Å². The van der Waals surface area contributed by atoms with Crippen molar-refractivity contribution in [2.45, 2.75) is 6.54 Å². The number of rotatable bonds is 4. The first kappa shape index (κ1) is 14.7. The van der Waals surface area contributed by atoms with Crippen LogP contribution in [0, 0.1) is 0 Å². The molecule has 0 spiro atoms. The largest absolute Gasteiger partial charge is 0.495 e. The normalized spacial score (nSPS) is 10.3. The lowest BCUT2D eigenvalue weighted by Crippen LogP contribution is -2.01. The number of methoxy groups -OCH3 is 1. The van der Waals surface area contributed by atoms with Crippen LogP contribution in [0.25, 0.3) is 0 Å². The van der Waals surface area contributed by atoms with Gasteiger partial charge >= 0.3 is 0 Å². The fraction of sp³-hybridized carbons (Fsp3) is 0.143. The average molecular weight is 406 g/mol. The Morgan fingerprint density at radius 2 is 1.89 bits per heavy atom. The molecule has 0 saturated heterocycles. The lowest BCUT2D eigenvalue weighted by molar-refractivity contribution is 0.416. The number of hydrogen-bond acceptors (Lipinski definition) is 2. The Labute approximate surface area is 134 Å². The second kappa shape index (κ2) is 6.64. The molecule has 2 nitrogen and oxygen atoms in total. The number of anilines is 1. The van der Waals surface area contributed by atoms with Gasteiger partial charge in [-0.15, -0.1) is 0 Å². The molecule has 0 radical (unpaired) electrons. The van der Waals surface area contributed by atoms with E-state index in [9.17, 15) is 0 Å². The molecule has 0 atom stereocenters. The zero-order chi connectivity index (χ0) is 13.8. The van der Waals surface area contributed by atoms with E-state index in [1.54, 1.807) is 7.11 Å². The lowest BCUT2D eigenvalue weighted by Gasteiger charge is -2.12.